The number of ether oxygens (including phenoxy) is 2. The van der Waals surface area contributed by atoms with E-state index in [9.17, 15) is 9.59 Å². The number of anilines is 1. The molecule has 190 valence electrons. The van der Waals surface area contributed by atoms with Crippen LogP contribution in [0, 0.1) is 18.3 Å². The Hall–Kier alpha value is -4.22. The molecule has 8 heteroatoms. The predicted octanol–water partition coefficient (Wildman–Crippen LogP) is 4.56. The molecule has 1 aliphatic rings. The summed E-state index contributed by atoms with van der Waals surface area (Å²) < 4.78 is 10.4. The number of hydrogen-bond acceptors (Lipinski definition) is 6. The minimum Gasteiger partial charge on any atom is -0.475 e. The molecule has 0 saturated carbocycles. The van der Waals surface area contributed by atoms with Gasteiger partial charge in [-0.2, -0.15) is 5.26 Å². The molecule has 3 aromatic rings. The van der Waals surface area contributed by atoms with E-state index in [4.69, 9.17) is 14.7 Å². The number of nitriles is 1. The zero-order chi connectivity index (χ0) is 26.2. The number of benzene rings is 2. The Balaban J connectivity index is 1.37. The molecule has 1 aromatic heterocycles. The molecule has 1 fully saturated rings. The van der Waals surface area contributed by atoms with Gasteiger partial charge in [-0.1, -0.05) is 18.2 Å². The molecule has 0 atom stereocenters. The van der Waals surface area contributed by atoms with Gasteiger partial charge in [0.05, 0.1) is 23.8 Å². The molecule has 8 nitrogen and oxygen atoms in total. The predicted molar refractivity (Wildman–Crippen MR) is 140 cm³/mol. The van der Waals surface area contributed by atoms with Crippen molar-refractivity contribution in [1.29, 1.82) is 5.26 Å². The van der Waals surface area contributed by atoms with Crippen molar-refractivity contribution in [2.45, 2.75) is 25.7 Å². The second-order valence-corrected chi connectivity index (χ2v) is 9.01. The number of carbonyl (C=O) groups excluding carboxylic acids is 2. The second kappa shape index (κ2) is 12.2. The minimum atomic E-state index is -0.313. The molecule has 2 heterocycles. The molecule has 2 aromatic carbocycles. The van der Waals surface area contributed by atoms with Crippen molar-refractivity contribution >= 4 is 17.5 Å². The maximum absolute atomic E-state index is 13.2. The molecule has 1 saturated heterocycles. The summed E-state index contributed by atoms with van der Waals surface area (Å²) in [6, 6.07) is 18.5. The SMILES string of the molecule is COCCOc1ccc(C(=O)Nc2cc(C(=O)N3CCC(c4ccc(C#N)cc4)CC3)ccc2C)cn1. The highest BCUT2D eigenvalue weighted by molar-refractivity contribution is 6.05. The fourth-order valence-corrected chi connectivity index (χ4v) is 4.34. The van der Waals surface area contributed by atoms with E-state index in [0.717, 1.165) is 18.4 Å². The van der Waals surface area contributed by atoms with Gasteiger partial charge in [-0.3, -0.25) is 9.59 Å². The Bertz CT molecular complexity index is 1270. The summed E-state index contributed by atoms with van der Waals surface area (Å²) in [6.45, 7) is 4.03. The first-order chi connectivity index (χ1) is 18.0. The quantitative estimate of drug-likeness (QED) is 0.457. The summed E-state index contributed by atoms with van der Waals surface area (Å²) in [6.07, 6.45) is 3.19. The maximum Gasteiger partial charge on any atom is 0.257 e. The molecule has 2 amide bonds. The minimum absolute atomic E-state index is 0.0481. The first-order valence-electron chi connectivity index (χ1n) is 12.3. The molecule has 0 aliphatic carbocycles. The van der Waals surface area contributed by atoms with Crippen molar-refractivity contribution in [2.75, 3.05) is 38.7 Å². The van der Waals surface area contributed by atoms with Crippen LogP contribution in [0.3, 0.4) is 0 Å². The van der Waals surface area contributed by atoms with E-state index >= 15 is 0 Å². The summed E-state index contributed by atoms with van der Waals surface area (Å²) in [5, 5.41) is 11.9. The van der Waals surface area contributed by atoms with Gasteiger partial charge < -0.3 is 19.7 Å². The number of nitrogens with one attached hydrogen (secondary N) is 1. The van der Waals surface area contributed by atoms with Crippen LogP contribution in [0.2, 0.25) is 0 Å². The third-order valence-electron chi connectivity index (χ3n) is 6.56. The second-order valence-electron chi connectivity index (χ2n) is 9.01. The van der Waals surface area contributed by atoms with Crippen LogP contribution in [0.15, 0.2) is 60.8 Å². The summed E-state index contributed by atoms with van der Waals surface area (Å²) in [4.78, 5) is 32.1. The molecular formula is C29H30N4O4. The van der Waals surface area contributed by atoms with Crippen LogP contribution in [-0.2, 0) is 4.74 Å². The standard InChI is InChI=1S/C29H30N4O4/c1-20-3-6-24(17-26(20)32-28(34)25-9-10-27(31-19-25)37-16-15-36-2)29(35)33-13-11-23(12-14-33)22-7-4-21(18-30)5-8-22/h3-10,17,19,23H,11-16H2,1-2H3,(H,32,34). The van der Waals surface area contributed by atoms with Crippen molar-refractivity contribution in [3.8, 4) is 11.9 Å². The van der Waals surface area contributed by atoms with Gasteiger partial charge in [0.15, 0.2) is 0 Å². The lowest BCUT2D eigenvalue weighted by Crippen LogP contribution is -2.38. The van der Waals surface area contributed by atoms with Crippen molar-refractivity contribution in [2.24, 2.45) is 0 Å². The summed E-state index contributed by atoms with van der Waals surface area (Å²) >= 11 is 0. The molecule has 0 radical (unpaired) electrons. The van der Waals surface area contributed by atoms with Crippen LogP contribution in [-0.4, -0.2) is 55.1 Å². The molecule has 0 spiro atoms. The summed E-state index contributed by atoms with van der Waals surface area (Å²) in [5.74, 6) is 0.426. The molecule has 1 N–H and O–H groups in total. The lowest BCUT2D eigenvalue weighted by molar-refractivity contribution is 0.0712. The van der Waals surface area contributed by atoms with E-state index in [1.807, 2.05) is 42.2 Å². The van der Waals surface area contributed by atoms with E-state index in [2.05, 4.69) is 16.4 Å². The highest BCUT2D eigenvalue weighted by Gasteiger charge is 2.25. The zero-order valence-corrected chi connectivity index (χ0v) is 21.1. The van der Waals surface area contributed by atoms with Crippen molar-refractivity contribution < 1.29 is 19.1 Å². The van der Waals surface area contributed by atoms with Gasteiger partial charge in [0.1, 0.15) is 6.61 Å². The number of piperidine rings is 1. The van der Waals surface area contributed by atoms with Gasteiger partial charge in [0, 0.05) is 43.7 Å². The number of aryl methyl sites for hydroxylation is 1. The Morgan fingerprint density at radius 2 is 1.78 bits per heavy atom. The largest absolute Gasteiger partial charge is 0.475 e. The first kappa shape index (κ1) is 25.9. The zero-order valence-electron chi connectivity index (χ0n) is 21.1. The third-order valence-corrected chi connectivity index (χ3v) is 6.56. The van der Waals surface area contributed by atoms with E-state index < -0.39 is 0 Å². The smallest absolute Gasteiger partial charge is 0.257 e. The van der Waals surface area contributed by atoms with Gasteiger partial charge >= 0.3 is 0 Å². The number of nitrogens with zero attached hydrogens (tertiary/aromatic N) is 3. The molecule has 4 rings (SSSR count). The van der Waals surface area contributed by atoms with Crippen LogP contribution >= 0.6 is 0 Å². The maximum atomic E-state index is 13.2. The monoisotopic (exact) mass is 498 g/mol. The molecule has 1 aliphatic heterocycles. The highest BCUT2D eigenvalue weighted by Crippen LogP contribution is 2.29. The topological polar surface area (TPSA) is 105 Å². The fraction of sp³-hybridized carbons (Fsp3) is 0.310. The van der Waals surface area contributed by atoms with Crippen molar-refractivity contribution in [3.63, 3.8) is 0 Å². The van der Waals surface area contributed by atoms with Crippen LogP contribution in [0.25, 0.3) is 0 Å². The van der Waals surface area contributed by atoms with Crippen molar-refractivity contribution in [1.82, 2.24) is 9.88 Å². The van der Waals surface area contributed by atoms with Gasteiger partial charge in [-0.15, -0.1) is 0 Å². The Morgan fingerprint density at radius 3 is 2.43 bits per heavy atom. The van der Waals surface area contributed by atoms with Crippen LogP contribution < -0.4 is 10.1 Å². The van der Waals surface area contributed by atoms with E-state index in [1.54, 1.807) is 31.4 Å². The van der Waals surface area contributed by atoms with Gasteiger partial charge in [0.25, 0.3) is 11.8 Å². The van der Waals surface area contributed by atoms with E-state index in [1.165, 1.54) is 11.8 Å². The number of rotatable bonds is 8. The van der Waals surface area contributed by atoms with Crippen LogP contribution in [0.5, 0.6) is 5.88 Å². The third kappa shape index (κ3) is 6.51. The average Bonchev–Trinajstić information content (AvgIpc) is 2.94. The Labute approximate surface area is 216 Å². The molecule has 37 heavy (non-hydrogen) atoms. The number of aromatic nitrogens is 1. The Kier molecular flexibility index (Phi) is 8.49. The number of pyridine rings is 1. The van der Waals surface area contributed by atoms with Gasteiger partial charge in [-0.05, 0) is 67.1 Å². The van der Waals surface area contributed by atoms with Crippen molar-refractivity contribution in [3.05, 3.63) is 88.6 Å². The fourth-order valence-electron chi connectivity index (χ4n) is 4.34. The average molecular weight is 499 g/mol. The van der Waals surface area contributed by atoms with Crippen LogP contribution in [0.1, 0.15) is 56.2 Å². The van der Waals surface area contributed by atoms with Gasteiger partial charge in [0.2, 0.25) is 5.88 Å². The number of carbonyl (C=O) groups is 2. The normalized spacial score (nSPS) is 13.6. The summed E-state index contributed by atoms with van der Waals surface area (Å²) in [5.41, 5.74) is 4.23. The number of likely N-dealkylation sites (tertiary alicyclic amines) is 1. The van der Waals surface area contributed by atoms with E-state index in [0.29, 0.717) is 60.5 Å². The summed E-state index contributed by atoms with van der Waals surface area (Å²) in [7, 11) is 1.59. The number of hydrogen-bond donors (Lipinski definition) is 1. The molecular weight excluding hydrogens is 468 g/mol. The number of methoxy groups -OCH3 is 1. The molecule has 0 unspecified atom stereocenters. The lowest BCUT2D eigenvalue weighted by atomic mass is 9.89. The lowest BCUT2D eigenvalue weighted by Gasteiger charge is -2.32. The first-order valence-corrected chi connectivity index (χ1v) is 12.3. The highest BCUT2D eigenvalue weighted by atomic mass is 16.5. The molecule has 0 bridgehead atoms. The number of amides is 2. The van der Waals surface area contributed by atoms with E-state index in [-0.39, 0.29) is 11.8 Å². The van der Waals surface area contributed by atoms with Gasteiger partial charge in [-0.25, -0.2) is 4.98 Å². The Morgan fingerprint density at radius 1 is 1.05 bits per heavy atom. The van der Waals surface area contributed by atoms with Crippen LogP contribution in [0.4, 0.5) is 5.69 Å².